The molecule has 2 unspecified atom stereocenters. The van der Waals surface area contributed by atoms with Gasteiger partial charge in [-0.05, 0) is 29.8 Å². The fourth-order valence-corrected chi connectivity index (χ4v) is 3.65. The number of rotatable bonds is 3. The van der Waals surface area contributed by atoms with Crippen molar-refractivity contribution in [3.8, 4) is 0 Å². The smallest absolute Gasteiger partial charge is 0.338 e. The Hall–Kier alpha value is -3.75. The van der Waals surface area contributed by atoms with Crippen LogP contribution in [0, 0.1) is 5.82 Å². The number of halogens is 1. The molecular weight excluding hydrogens is 377 g/mol. The van der Waals surface area contributed by atoms with E-state index >= 15 is 0 Å². The highest BCUT2D eigenvalue weighted by Crippen LogP contribution is 2.43. The van der Waals surface area contributed by atoms with E-state index in [-0.39, 0.29) is 22.6 Å². The quantitative estimate of drug-likeness (QED) is 0.517. The van der Waals surface area contributed by atoms with Crippen molar-refractivity contribution in [1.29, 1.82) is 0 Å². The molecule has 0 amide bonds. The van der Waals surface area contributed by atoms with Crippen LogP contribution in [-0.4, -0.2) is 33.6 Å². The molecule has 1 aliphatic rings. The van der Waals surface area contributed by atoms with Gasteiger partial charge in [-0.1, -0.05) is 12.1 Å². The van der Waals surface area contributed by atoms with Gasteiger partial charge in [0.25, 0.3) is 0 Å². The predicted molar refractivity (Wildman–Crippen MR) is 103 cm³/mol. The molecular formula is C20H18FN5O3. The van der Waals surface area contributed by atoms with Gasteiger partial charge in [0.15, 0.2) is 5.78 Å². The first-order valence-corrected chi connectivity index (χ1v) is 8.82. The SMILES string of the molecule is COC(=O)c1cc(F)cc2c1C(=O)C(c1ncnn1C)C(c1ccc(N)cc1)N2. The predicted octanol–water partition coefficient (Wildman–Crippen LogP) is 2.46. The second-order valence-electron chi connectivity index (χ2n) is 6.74. The minimum Gasteiger partial charge on any atom is -0.465 e. The maximum absolute atomic E-state index is 14.2. The molecule has 0 bridgehead atoms. The van der Waals surface area contributed by atoms with Crippen LogP contribution >= 0.6 is 0 Å². The molecule has 0 saturated heterocycles. The number of nitrogens with zero attached hydrogens (tertiary/aromatic N) is 3. The van der Waals surface area contributed by atoms with Gasteiger partial charge in [-0.15, -0.1) is 0 Å². The Morgan fingerprint density at radius 3 is 2.62 bits per heavy atom. The van der Waals surface area contributed by atoms with Crippen LogP contribution in [0.15, 0.2) is 42.7 Å². The largest absolute Gasteiger partial charge is 0.465 e. The van der Waals surface area contributed by atoms with Crippen molar-refractivity contribution in [2.45, 2.75) is 12.0 Å². The number of hydrogen-bond acceptors (Lipinski definition) is 7. The molecule has 0 radical (unpaired) electrons. The molecule has 4 rings (SSSR count). The maximum Gasteiger partial charge on any atom is 0.338 e. The third-order valence-electron chi connectivity index (χ3n) is 5.00. The average Bonchev–Trinajstić information content (AvgIpc) is 3.12. The third kappa shape index (κ3) is 3.10. The highest BCUT2D eigenvalue weighted by Gasteiger charge is 2.42. The maximum atomic E-state index is 14.2. The summed E-state index contributed by atoms with van der Waals surface area (Å²) in [5.41, 5.74) is 7.27. The summed E-state index contributed by atoms with van der Waals surface area (Å²) in [6, 6.07) is 8.64. The van der Waals surface area contributed by atoms with Crippen LogP contribution < -0.4 is 11.1 Å². The van der Waals surface area contributed by atoms with Gasteiger partial charge in [-0.25, -0.2) is 14.2 Å². The topological polar surface area (TPSA) is 112 Å². The zero-order valence-corrected chi connectivity index (χ0v) is 15.7. The lowest BCUT2D eigenvalue weighted by Gasteiger charge is -2.34. The number of carbonyl (C=O) groups is 2. The van der Waals surface area contributed by atoms with E-state index in [1.165, 1.54) is 24.2 Å². The first-order valence-electron chi connectivity index (χ1n) is 8.82. The second-order valence-corrected chi connectivity index (χ2v) is 6.74. The van der Waals surface area contributed by atoms with E-state index in [0.717, 1.165) is 11.6 Å². The Bertz CT molecular complexity index is 1110. The van der Waals surface area contributed by atoms with Gasteiger partial charge in [0.05, 0.1) is 24.3 Å². The summed E-state index contributed by atoms with van der Waals surface area (Å²) in [6.07, 6.45) is 1.35. The number of aromatic nitrogens is 3. The zero-order chi connectivity index (χ0) is 20.7. The van der Waals surface area contributed by atoms with E-state index in [4.69, 9.17) is 10.5 Å². The standard InChI is InChI=1S/C20H18FN5O3/c1-26-19(23-9-24-26)16-17(10-3-5-12(22)6-4-10)25-14-8-11(21)7-13(20(28)29-2)15(14)18(16)27/h3-9,16-17,25H,22H2,1-2H3. The van der Waals surface area contributed by atoms with Crippen molar-refractivity contribution >= 4 is 23.1 Å². The van der Waals surface area contributed by atoms with Crippen LogP contribution in [0.4, 0.5) is 15.8 Å². The van der Waals surface area contributed by atoms with Crippen molar-refractivity contribution in [3.63, 3.8) is 0 Å². The number of aryl methyl sites for hydroxylation is 1. The van der Waals surface area contributed by atoms with Gasteiger partial charge in [0, 0.05) is 18.4 Å². The monoisotopic (exact) mass is 395 g/mol. The fourth-order valence-electron chi connectivity index (χ4n) is 3.65. The van der Waals surface area contributed by atoms with Crippen LogP contribution in [0.25, 0.3) is 0 Å². The first-order chi connectivity index (χ1) is 13.9. The summed E-state index contributed by atoms with van der Waals surface area (Å²) in [7, 11) is 2.86. The van der Waals surface area contributed by atoms with E-state index in [1.807, 2.05) is 0 Å². The van der Waals surface area contributed by atoms with Gasteiger partial charge < -0.3 is 15.8 Å². The van der Waals surface area contributed by atoms with Crippen molar-refractivity contribution in [1.82, 2.24) is 14.8 Å². The molecule has 0 saturated carbocycles. The molecule has 0 fully saturated rings. The lowest BCUT2D eigenvalue weighted by molar-refractivity contribution is 0.0595. The lowest BCUT2D eigenvalue weighted by Crippen LogP contribution is -2.35. The van der Waals surface area contributed by atoms with E-state index < -0.39 is 23.7 Å². The normalized spacial score (nSPS) is 18.1. The van der Waals surface area contributed by atoms with Gasteiger partial charge in [0.1, 0.15) is 23.9 Å². The number of nitrogens with two attached hydrogens (primary N) is 1. The molecule has 8 nitrogen and oxygen atoms in total. The number of ether oxygens (including phenoxy) is 1. The van der Waals surface area contributed by atoms with Gasteiger partial charge >= 0.3 is 5.97 Å². The van der Waals surface area contributed by atoms with Crippen molar-refractivity contribution < 1.29 is 18.7 Å². The summed E-state index contributed by atoms with van der Waals surface area (Å²) in [4.78, 5) is 30.1. The van der Waals surface area contributed by atoms with Gasteiger partial charge in [0.2, 0.25) is 0 Å². The Morgan fingerprint density at radius 2 is 2.00 bits per heavy atom. The van der Waals surface area contributed by atoms with Crippen LogP contribution in [-0.2, 0) is 11.8 Å². The number of hydrogen-bond donors (Lipinski definition) is 2. The molecule has 29 heavy (non-hydrogen) atoms. The third-order valence-corrected chi connectivity index (χ3v) is 5.00. The number of benzene rings is 2. The number of anilines is 2. The Labute approximate surface area is 165 Å². The minimum absolute atomic E-state index is 0.0675. The summed E-state index contributed by atoms with van der Waals surface area (Å²) in [5.74, 6) is -2.21. The number of carbonyl (C=O) groups excluding carboxylic acids is 2. The van der Waals surface area contributed by atoms with Gasteiger partial charge in [-0.3, -0.25) is 9.48 Å². The van der Waals surface area contributed by atoms with Gasteiger partial charge in [-0.2, -0.15) is 5.10 Å². The van der Waals surface area contributed by atoms with E-state index in [2.05, 4.69) is 15.4 Å². The van der Waals surface area contributed by atoms with E-state index in [1.54, 1.807) is 31.3 Å². The number of nitrogen functional groups attached to an aromatic ring is 1. The fraction of sp³-hybridized carbons (Fsp3) is 0.200. The molecule has 1 aromatic heterocycles. The molecule has 1 aliphatic heterocycles. The van der Waals surface area contributed by atoms with Crippen LogP contribution in [0.5, 0.6) is 0 Å². The number of esters is 1. The number of methoxy groups -OCH3 is 1. The molecule has 0 spiro atoms. The molecule has 148 valence electrons. The Morgan fingerprint density at radius 1 is 1.28 bits per heavy atom. The first kappa shape index (κ1) is 18.6. The van der Waals surface area contributed by atoms with E-state index in [9.17, 15) is 14.0 Å². The van der Waals surface area contributed by atoms with Crippen molar-refractivity contribution in [2.75, 3.05) is 18.2 Å². The average molecular weight is 395 g/mol. The summed E-state index contributed by atoms with van der Waals surface area (Å²) >= 11 is 0. The number of fused-ring (bicyclic) bond motifs is 1. The Balaban J connectivity index is 1.93. The van der Waals surface area contributed by atoms with Crippen LogP contribution in [0.1, 0.15) is 44.1 Å². The van der Waals surface area contributed by atoms with Crippen molar-refractivity contribution in [3.05, 3.63) is 71.1 Å². The summed E-state index contributed by atoms with van der Waals surface area (Å²) in [5, 5.41) is 7.26. The number of nitrogens with one attached hydrogen (secondary N) is 1. The minimum atomic E-state index is -0.799. The molecule has 2 aromatic carbocycles. The molecule has 0 aliphatic carbocycles. The zero-order valence-electron chi connectivity index (χ0n) is 15.7. The molecule has 9 heteroatoms. The molecule has 3 N–H and O–H groups in total. The Kier molecular flexibility index (Phi) is 4.50. The highest BCUT2D eigenvalue weighted by atomic mass is 19.1. The second kappa shape index (κ2) is 7.01. The molecule has 2 heterocycles. The highest BCUT2D eigenvalue weighted by molar-refractivity contribution is 6.14. The van der Waals surface area contributed by atoms with Crippen LogP contribution in [0.3, 0.4) is 0 Å². The summed E-state index contributed by atoms with van der Waals surface area (Å²) < 4.78 is 20.4. The van der Waals surface area contributed by atoms with E-state index in [0.29, 0.717) is 11.5 Å². The molecule has 2 atom stereocenters. The number of ketones is 1. The van der Waals surface area contributed by atoms with Crippen molar-refractivity contribution in [2.24, 2.45) is 7.05 Å². The molecule has 3 aromatic rings. The van der Waals surface area contributed by atoms with Crippen LogP contribution in [0.2, 0.25) is 0 Å². The summed E-state index contributed by atoms with van der Waals surface area (Å²) in [6.45, 7) is 0. The number of Topliss-reactive ketones (excluding diaryl/α,β-unsaturated/α-hetero) is 1. The lowest BCUT2D eigenvalue weighted by atomic mass is 9.80.